The molecular weight excluding hydrogens is 341 g/mol. The van der Waals surface area contributed by atoms with Crippen molar-refractivity contribution in [1.82, 2.24) is 0 Å². The Bertz CT molecular complexity index is 808. The highest BCUT2D eigenvalue weighted by atomic mass is 35.5. The van der Waals surface area contributed by atoms with E-state index in [0.29, 0.717) is 13.2 Å². The van der Waals surface area contributed by atoms with Crippen molar-refractivity contribution in [3.05, 3.63) is 77.6 Å². The molecule has 3 nitrogen and oxygen atoms in total. The highest BCUT2D eigenvalue weighted by Crippen LogP contribution is 2.28. The number of hydrogen-bond donors (Lipinski definition) is 2. The monoisotopic (exact) mass is 361 g/mol. The predicted molar refractivity (Wildman–Crippen MR) is 92.3 cm³/mol. The van der Waals surface area contributed by atoms with Gasteiger partial charge in [-0.15, -0.1) is 0 Å². The molecule has 0 aliphatic heterocycles. The van der Waals surface area contributed by atoms with E-state index in [1.807, 2.05) is 24.3 Å². The Kier molecular flexibility index (Phi) is 7.19. The molecule has 0 fully saturated rings. The minimum absolute atomic E-state index is 0. The molecule has 3 rings (SSSR count). The summed E-state index contributed by atoms with van der Waals surface area (Å²) in [6.45, 7) is 1.93. The van der Waals surface area contributed by atoms with E-state index in [0.717, 1.165) is 28.8 Å². The smallest absolute Gasteiger partial charge is 0.129 e. The van der Waals surface area contributed by atoms with Crippen LogP contribution in [0.25, 0.3) is 10.8 Å². The Morgan fingerprint density at radius 2 is 1.72 bits per heavy atom. The number of nitrogens with two attached hydrogens (primary N) is 1. The van der Waals surface area contributed by atoms with Crippen LogP contribution in [0.4, 0.5) is 4.39 Å². The topological polar surface area (TPSA) is 46.1 Å². The van der Waals surface area contributed by atoms with Gasteiger partial charge in [-0.1, -0.05) is 42.5 Å². The maximum absolute atomic E-state index is 13.0. The first-order valence-electron chi connectivity index (χ1n) is 8.08. The normalized spacial score (nSPS) is 10.5. The summed E-state index contributed by atoms with van der Waals surface area (Å²) in [6.07, 6.45) is 0. The van der Waals surface area contributed by atoms with Gasteiger partial charge in [0, 0.05) is 0 Å². The van der Waals surface area contributed by atoms with Crippen LogP contribution in [0.2, 0.25) is 0 Å². The van der Waals surface area contributed by atoms with Crippen molar-refractivity contribution in [2.45, 2.75) is 13.2 Å². The van der Waals surface area contributed by atoms with Gasteiger partial charge in [-0.3, -0.25) is 0 Å². The second-order valence-electron chi connectivity index (χ2n) is 5.68. The summed E-state index contributed by atoms with van der Waals surface area (Å²) in [6, 6.07) is 18.6. The first-order chi connectivity index (χ1) is 11.8. The van der Waals surface area contributed by atoms with Crippen LogP contribution >= 0.6 is 0 Å². The van der Waals surface area contributed by atoms with Gasteiger partial charge < -0.3 is 27.6 Å². The summed E-state index contributed by atoms with van der Waals surface area (Å²) < 4.78 is 19.0. The van der Waals surface area contributed by atoms with E-state index in [4.69, 9.17) is 9.84 Å². The third kappa shape index (κ3) is 4.92. The molecule has 5 heteroatoms. The zero-order valence-corrected chi connectivity index (χ0v) is 14.5. The second kappa shape index (κ2) is 9.37. The Hall–Kier alpha value is -2.14. The number of ether oxygens (including phenoxy) is 1. The molecule has 25 heavy (non-hydrogen) atoms. The third-order valence-corrected chi connectivity index (χ3v) is 3.99. The van der Waals surface area contributed by atoms with Gasteiger partial charge in [0.25, 0.3) is 0 Å². The number of rotatable bonds is 7. The van der Waals surface area contributed by atoms with Gasteiger partial charge in [0.05, 0.1) is 18.7 Å². The zero-order valence-electron chi connectivity index (χ0n) is 13.8. The van der Waals surface area contributed by atoms with Crippen LogP contribution in [0.3, 0.4) is 0 Å². The highest BCUT2D eigenvalue weighted by Gasteiger charge is 2.11. The molecule has 3 aromatic carbocycles. The summed E-state index contributed by atoms with van der Waals surface area (Å²) in [4.78, 5) is 0. The minimum atomic E-state index is -0.247. The summed E-state index contributed by atoms with van der Waals surface area (Å²) in [5, 5.41) is 13.4. The Morgan fingerprint density at radius 1 is 0.960 bits per heavy atom. The third-order valence-electron chi connectivity index (χ3n) is 3.99. The van der Waals surface area contributed by atoms with Gasteiger partial charge in [-0.25, -0.2) is 4.39 Å². The van der Waals surface area contributed by atoms with Gasteiger partial charge in [-0.05, 0) is 34.5 Å². The van der Waals surface area contributed by atoms with Crippen LogP contribution in [0, 0.1) is 5.82 Å². The van der Waals surface area contributed by atoms with Crippen molar-refractivity contribution in [3.8, 4) is 5.75 Å². The molecule has 3 aromatic rings. The van der Waals surface area contributed by atoms with E-state index < -0.39 is 0 Å². The molecule has 132 valence electrons. The first-order valence-corrected chi connectivity index (χ1v) is 8.08. The number of quaternary nitrogens is 1. The molecule has 0 heterocycles. The number of hydrogen-bond acceptors (Lipinski definition) is 2. The Balaban J connectivity index is 0.00000225. The molecular formula is C20H21ClFNO2. The predicted octanol–water partition coefficient (Wildman–Crippen LogP) is -0.382. The fourth-order valence-corrected chi connectivity index (χ4v) is 2.74. The molecule has 0 saturated carbocycles. The van der Waals surface area contributed by atoms with Crippen molar-refractivity contribution >= 4 is 10.8 Å². The van der Waals surface area contributed by atoms with E-state index in [-0.39, 0.29) is 24.8 Å². The van der Waals surface area contributed by atoms with Crippen LogP contribution in [0.15, 0.2) is 60.7 Å². The fraction of sp³-hybridized carbons (Fsp3) is 0.200. The minimum Gasteiger partial charge on any atom is -1.00 e. The van der Waals surface area contributed by atoms with Crippen molar-refractivity contribution < 1.29 is 32.0 Å². The molecule has 0 aromatic heterocycles. The van der Waals surface area contributed by atoms with Crippen LogP contribution in [-0.4, -0.2) is 18.3 Å². The van der Waals surface area contributed by atoms with Gasteiger partial charge >= 0.3 is 0 Å². The quantitative estimate of drug-likeness (QED) is 0.563. The van der Waals surface area contributed by atoms with Crippen molar-refractivity contribution in [2.75, 3.05) is 13.2 Å². The molecule has 0 atom stereocenters. The van der Waals surface area contributed by atoms with Gasteiger partial charge in [0.15, 0.2) is 0 Å². The lowest BCUT2D eigenvalue weighted by atomic mass is 10.0. The molecule has 0 aliphatic rings. The molecule has 0 spiro atoms. The molecule has 0 bridgehead atoms. The average molecular weight is 362 g/mol. The Morgan fingerprint density at radius 3 is 2.48 bits per heavy atom. The van der Waals surface area contributed by atoms with Gasteiger partial charge in [0.1, 0.15) is 24.7 Å². The standard InChI is InChI=1S/C20H20FNO2.ClH/c21-17-8-5-15(6-9-17)14-24-20-10-7-16-3-1-2-4-18(16)19(20)13-22-11-12-23;/h1-10,22-23H,11-14H2;1H. The van der Waals surface area contributed by atoms with Crippen LogP contribution in [0.5, 0.6) is 5.75 Å². The molecule has 0 radical (unpaired) electrons. The maximum atomic E-state index is 13.0. The van der Waals surface area contributed by atoms with Gasteiger partial charge in [0.2, 0.25) is 0 Å². The van der Waals surface area contributed by atoms with E-state index in [2.05, 4.69) is 17.4 Å². The molecule has 0 saturated heterocycles. The van der Waals surface area contributed by atoms with E-state index in [1.54, 1.807) is 12.1 Å². The highest BCUT2D eigenvalue weighted by molar-refractivity contribution is 5.87. The average Bonchev–Trinajstić information content (AvgIpc) is 2.62. The van der Waals surface area contributed by atoms with Gasteiger partial charge in [-0.2, -0.15) is 0 Å². The second-order valence-corrected chi connectivity index (χ2v) is 5.68. The van der Waals surface area contributed by atoms with E-state index >= 15 is 0 Å². The lowest BCUT2D eigenvalue weighted by Crippen LogP contribution is -3.00. The molecule has 0 amide bonds. The SMILES string of the molecule is OCC[NH2+]Cc1c(OCc2ccc(F)cc2)ccc2ccccc12.[Cl-]. The lowest BCUT2D eigenvalue weighted by molar-refractivity contribution is -0.671. The zero-order chi connectivity index (χ0) is 16.8. The summed E-state index contributed by atoms with van der Waals surface area (Å²) in [7, 11) is 0. The number of fused-ring (bicyclic) bond motifs is 1. The van der Waals surface area contributed by atoms with Crippen LogP contribution in [-0.2, 0) is 13.2 Å². The van der Waals surface area contributed by atoms with Crippen molar-refractivity contribution in [2.24, 2.45) is 0 Å². The van der Waals surface area contributed by atoms with E-state index in [1.165, 1.54) is 17.5 Å². The molecule has 3 N–H and O–H groups in total. The molecule has 0 unspecified atom stereocenters. The summed E-state index contributed by atoms with van der Waals surface area (Å²) in [5.41, 5.74) is 2.04. The summed E-state index contributed by atoms with van der Waals surface area (Å²) in [5.74, 6) is 0.580. The lowest BCUT2D eigenvalue weighted by Gasteiger charge is -2.14. The maximum Gasteiger partial charge on any atom is 0.129 e. The first kappa shape index (κ1) is 19.2. The largest absolute Gasteiger partial charge is 1.00 e. The number of aliphatic hydroxyl groups excluding tert-OH is 1. The van der Waals surface area contributed by atoms with Crippen LogP contribution < -0.4 is 22.5 Å². The molecule has 0 aliphatic carbocycles. The van der Waals surface area contributed by atoms with Crippen molar-refractivity contribution in [3.63, 3.8) is 0 Å². The summed E-state index contributed by atoms with van der Waals surface area (Å²) >= 11 is 0. The number of aliphatic hydroxyl groups is 1. The number of benzene rings is 3. The Labute approximate surface area is 152 Å². The number of halogens is 2. The van der Waals surface area contributed by atoms with Crippen molar-refractivity contribution in [1.29, 1.82) is 0 Å². The van der Waals surface area contributed by atoms with Crippen LogP contribution in [0.1, 0.15) is 11.1 Å². The van der Waals surface area contributed by atoms with E-state index in [9.17, 15) is 4.39 Å². The fourth-order valence-electron chi connectivity index (χ4n) is 2.74.